The average Bonchev–Trinajstić information content (AvgIpc) is 2.39. The summed E-state index contributed by atoms with van der Waals surface area (Å²) in [5, 5.41) is 9.09. The predicted molar refractivity (Wildman–Crippen MR) is 61.8 cm³/mol. The third kappa shape index (κ3) is 2.24. The van der Waals surface area contributed by atoms with Gasteiger partial charge in [0.1, 0.15) is 6.04 Å². The third-order valence-electron chi connectivity index (χ3n) is 3.10. The van der Waals surface area contributed by atoms with Gasteiger partial charge in [0.15, 0.2) is 0 Å². The second kappa shape index (κ2) is 5.11. The van der Waals surface area contributed by atoms with Crippen LogP contribution in [0.15, 0.2) is 30.3 Å². The molecule has 1 aromatic rings. The molecule has 0 aliphatic carbocycles. The molecule has 3 nitrogen and oxygen atoms in total. The molecule has 0 amide bonds. The Morgan fingerprint density at radius 3 is 2.88 bits per heavy atom. The lowest BCUT2D eigenvalue weighted by atomic mass is 10.0. The highest BCUT2D eigenvalue weighted by atomic mass is 16.5. The number of nitriles is 1. The van der Waals surface area contributed by atoms with Crippen molar-refractivity contribution >= 4 is 0 Å². The molecule has 1 aliphatic heterocycles. The first-order chi connectivity index (χ1) is 7.83. The van der Waals surface area contributed by atoms with E-state index in [-0.39, 0.29) is 12.1 Å². The molecule has 1 fully saturated rings. The van der Waals surface area contributed by atoms with Crippen molar-refractivity contribution in [1.82, 2.24) is 4.90 Å². The van der Waals surface area contributed by atoms with Gasteiger partial charge in [0.05, 0.1) is 19.3 Å². The molecule has 3 heteroatoms. The molecule has 0 saturated carbocycles. The fourth-order valence-electron chi connectivity index (χ4n) is 2.11. The van der Waals surface area contributed by atoms with E-state index in [1.807, 2.05) is 18.2 Å². The molecule has 1 aromatic carbocycles. The molecule has 1 saturated heterocycles. The maximum Gasteiger partial charge on any atom is 0.122 e. The van der Waals surface area contributed by atoms with Gasteiger partial charge < -0.3 is 4.74 Å². The minimum atomic E-state index is -0.121. The lowest BCUT2D eigenvalue weighted by Gasteiger charge is -2.36. The second-order valence-corrected chi connectivity index (χ2v) is 4.04. The molecule has 0 radical (unpaired) electrons. The van der Waals surface area contributed by atoms with Crippen molar-refractivity contribution in [3.63, 3.8) is 0 Å². The van der Waals surface area contributed by atoms with Crippen LogP contribution in [-0.2, 0) is 4.74 Å². The number of ether oxygens (including phenoxy) is 1. The fourth-order valence-corrected chi connectivity index (χ4v) is 2.11. The molecule has 2 rings (SSSR count). The number of morpholine rings is 1. The first-order valence-electron chi connectivity index (χ1n) is 5.61. The number of hydrogen-bond donors (Lipinski definition) is 0. The third-order valence-corrected chi connectivity index (χ3v) is 3.10. The minimum Gasteiger partial charge on any atom is -0.377 e. The van der Waals surface area contributed by atoms with E-state index in [4.69, 9.17) is 10.00 Å². The van der Waals surface area contributed by atoms with Crippen molar-refractivity contribution in [2.75, 3.05) is 19.8 Å². The van der Waals surface area contributed by atoms with Gasteiger partial charge in [0, 0.05) is 12.6 Å². The summed E-state index contributed by atoms with van der Waals surface area (Å²) in [6, 6.07) is 12.8. The van der Waals surface area contributed by atoms with E-state index in [0.29, 0.717) is 6.61 Å². The Morgan fingerprint density at radius 2 is 2.19 bits per heavy atom. The maximum absolute atomic E-state index is 9.09. The first-order valence-corrected chi connectivity index (χ1v) is 5.61. The smallest absolute Gasteiger partial charge is 0.122 e. The standard InChI is InChI=1S/C13H16N2O/c1-11(12-5-3-2-4-6-12)15-7-8-16-10-13(15)9-14/h2-6,11,13H,7-8,10H2,1H3/t11-,13?/m1/s1. The number of hydrogen-bond acceptors (Lipinski definition) is 3. The highest BCUT2D eigenvalue weighted by Crippen LogP contribution is 2.23. The molecular weight excluding hydrogens is 200 g/mol. The van der Waals surface area contributed by atoms with Crippen LogP contribution in [0.4, 0.5) is 0 Å². The van der Waals surface area contributed by atoms with Crippen LogP contribution < -0.4 is 0 Å². The molecule has 0 spiro atoms. The number of benzene rings is 1. The molecule has 2 atom stereocenters. The SMILES string of the molecule is C[C@H](c1ccccc1)N1CCOCC1C#N. The summed E-state index contributed by atoms with van der Waals surface area (Å²) in [5.41, 5.74) is 1.25. The Labute approximate surface area is 96.2 Å². The molecule has 16 heavy (non-hydrogen) atoms. The van der Waals surface area contributed by atoms with Crippen LogP contribution in [0.2, 0.25) is 0 Å². The van der Waals surface area contributed by atoms with E-state index < -0.39 is 0 Å². The van der Waals surface area contributed by atoms with Crippen LogP contribution >= 0.6 is 0 Å². The Bertz CT molecular complexity index is 371. The van der Waals surface area contributed by atoms with Gasteiger partial charge in [0.25, 0.3) is 0 Å². The van der Waals surface area contributed by atoms with Crippen molar-refractivity contribution in [3.8, 4) is 6.07 Å². The zero-order valence-electron chi connectivity index (χ0n) is 9.47. The average molecular weight is 216 g/mol. The molecule has 1 aliphatic rings. The zero-order valence-corrected chi connectivity index (χ0v) is 9.47. The molecule has 1 unspecified atom stereocenters. The molecule has 1 heterocycles. The van der Waals surface area contributed by atoms with Gasteiger partial charge in [-0.15, -0.1) is 0 Å². The summed E-state index contributed by atoms with van der Waals surface area (Å²) in [4.78, 5) is 2.21. The second-order valence-electron chi connectivity index (χ2n) is 4.04. The lowest BCUT2D eigenvalue weighted by Crippen LogP contribution is -2.45. The van der Waals surface area contributed by atoms with E-state index in [0.717, 1.165) is 13.2 Å². The number of nitrogens with zero attached hydrogens (tertiary/aromatic N) is 2. The van der Waals surface area contributed by atoms with Crippen molar-refractivity contribution in [3.05, 3.63) is 35.9 Å². The Balaban J connectivity index is 2.14. The molecule has 0 aromatic heterocycles. The Kier molecular flexibility index (Phi) is 3.55. The van der Waals surface area contributed by atoms with Gasteiger partial charge in [-0.3, -0.25) is 4.90 Å². The van der Waals surface area contributed by atoms with Crippen LogP contribution in [0.3, 0.4) is 0 Å². The number of rotatable bonds is 2. The summed E-state index contributed by atoms with van der Waals surface area (Å²) in [5.74, 6) is 0. The highest BCUT2D eigenvalue weighted by Gasteiger charge is 2.27. The van der Waals surface area contributed by atoms with Crippen LogP contribution in [0, 0.1) is 11.3 Å². The summed E-state index contributed by atoms with van der Waals surface area (Å²) < 4.78 is 5.33. The Morgan fingerprint density at radius 1 is 1.44 bits per heavy atom. The summed E-state index contributed by atoms with van der Waals surface area (Å²) >= 11 is 0. The molecular formula is C13H16N2O. The van der Waals surface area contributed by atoms with Crippen molar-refractivity contribution in [1.29, 1.82) is 5.26 Å². The largest absolute Gasteiger partial charge is 0.377 e. The van der Waals surface area contributed by atoms with Crippen LogP contribution in [-0.4, -0.2) is 30.7 Å². The summed E-state index contributed by atoms with van der Waals surface area (Å²) in [6.07, 6.45) is 0. The van der Waals surface area contributed by atoms with E-state index >= 15 is 0 Å². The lowest BCUT2D eigenvalue weighted by molar-refractivity contribution is -0.00576. The quantitative estimate of drug-likeness (QED) is 0.758. The fraction of sp³-hybridized carbons (Fsp3) is 0.462. The van der Waals surface area contributed by atoms with E-state index in [1.54, 1.807) is 0 Å². The minimum absolute atomic E-state index is 0.121. The van der Waals surface area contributed by atoms with Crippen LogP contribution in [0.25, 0.3) is 0 Å². The molecule has 0 bridgehead atoms. The van der Waals surface area contributed by atoms with Gasteiger partial charge in [0.2, 0.25) is 0 Å². The van der Waals surface area contributed by atoms with Crippen LogP contribution in [0.5, 0.6) is 0 Å². The van der Waals surface area contributed by atoms with Gasteiger partial charge in [-0.25, -0.2) is 0 Å². The van der Waals surface area contributed by atoms with E-state index in [1.165, 1.54) is 5.56 Å². The molecule has 0 N–H and O–H groups in total. The summed E-state index contributed by atoms with van der Waals surface area (Å²) in [6.45, 7) is 4.21. The Hall–Kier alpha value is -1.37. The van der Waals surface area contributed by atoms with Gasteiger partial charge in [-0.05, 0) is 12.5 Å². The molecule has 84 valence electrons. The maximum atomic E-state index is 9.09. The summed E-state index contributed by atoms with van der Waals surface area (Å²) in [7, 11) is 0. The zero-order chi connectivity index (χ0) is 11.4. The first kappa shape index (κ1) is 11.1. The van der Waals surface area contributed by atoms with Gasteiger partial charge in [-0.1, -0.05) is 30.3 Å². The van der Waals surface area contributed by atoms with Crippen molar-refractivity contribution in [2.24, 2.45) is 0 Å². The predicted octanol–water partition coefficient (Wildman–Crippen LogP) is 1.97. The monoisotopic (exact) mass is 216 g/mol. The van der Waals surface area contributed by atoms with Crippen molar-refractivity contribution < 1.29 is 4.74 Å². The van der Waals surface area contributed by atoms with Gasteiger partial charge in [-0.2, -0.15) is 5.26 Å². The van der Waals surface area contributed by atoms with E-state index in [2.05, 4.69) is 30.0 Å². The normalized spacial score (nSPS) is 23.6. The van der Waals surface area contributed by atoms with Crippen LogP contribution in [0.1, 0.15) is 18.5 Å². The van der Waals surface area contributed by atoms with Gasteiger partial charge >= 0.3 is 0 Å². The highest BCUT2D eigenvalue weighted by molar-refractivity contribution is 5.19. The van der Waals surface area contributed by atoms with E-state index in [9.17, 15) is 0 Å². The topological polar surface area (TPSA) is 36.3 Å². The van der Waals surface area contributed by atoms with Crippen molar-refractivity contribution in [2.45, 2.75) is 19.0 Å².